The lowest BCUT2D eigenvalue weighted by Gasteiger charge is -2.28. The molecule has 5 heteroatoms. The molecule has 1 atom stereocenters. The number of nitrogens with zero attached hydrogens (tertiary/aromatic N) is 1. The predicted molar refractivity (Wildman–Crippen MR) is 120 cm³/mol. The van der Waals surface area contributed by atoms with Crippen molar-refractivity contribution in [2.45, 2.75) is 32.5 Å². The summed E-state index contributed by atoms with van der Waals surface area (Å²) in [5.74, 6) is 0.663. The van der Waals surface area contributed by atoms with Gasteiger partial charge in [-0.3, -0.25) is 9.59 Å². The third-order valence-electron chi connectivity index (χ3n) is 5.72. The molecule has 5 nitrogen and oxygen atoms in total. The van der Waals surface area contributed by atoms with Crippen LogP contribution in [0.5, 0.6) is 5.75 Å². The molecule has 0 saturated carbocycles. The lowest BCUT2D eigenvalue weighted by Crippen LogP contribution is -2.34. The van der Waals surface area contributed by atoms with Crippen molar-refractivity contribution < 1.29 is 14.3 Å². The molecule has 1 aliphatic heterocycles. The summed E-state index contributed by atoms with van der Waals surface area (Å²) in [4.78, 5) is 27.7. The average Bonchev–Trinajstić information content (AvgIpc) is 3.13. The topological polar surface area (TPSA) is 58.6 Å². The summed E-state index contributed by atoms with van der Waals surface area (Å²) in [5, 5.41) is 2.99. The summed E-state index contributed by atoms with van der Waals surface area (Å²) in [6.07, 6.45) is 0.207. The van der Waals surface area contributed by atoms with Crippen LogP contribution in [0.2, 0.25) is 0 Å². The van der Waals surface area contributed by atoms with Crippen LogP contribution in [0.3, 0.4) is 0 Å². The first-order valence-electron chi connectivity index (χ1n) is 10.4. The predicted octanol–water partition coefficient (Wildman–Crippen LogP) is 4.41. The van der Waals surface area contributed by atoms with Gasteiger partial charge in [0.2, 0.25) is 5.91 Å². The first kappa shape index (κ1) is 20.7. The largest absolute Gasteiger partial charge is 0.497 e. The van der Waals surface area contributed by atoms with Crippen LogP contribution in [0.1, 0.15) is 45.1 Å². The molecule has 0 aliphatic carbocycles. The van der Waals surface area contributed by atoms with Crippen LogP contribution in [0.4, 0.5) is 0 Å². The van der Waals surface area contributed by atoms with Crippen molar-refractivity contribution in [2.24, 2.45) is 0 Å². The van der Waals surface area contributed by atoms with Gasteiger partial charge in [-0.05, 0) is 41.8 Å². The Labute approximate surface area is 182 Å². The molecular formula is C26H26N2O3. The normalized spacial score (nSPS) is 13.6. The fraction of sp³-hybridized carbons (Fsp3) is 0.231. The molecule has 0 unspecified atom stereocenters. The van der Waals surface area contributed by atoms with Crippen LogP contribution >= 0.6 is 0 Å². The van der Waals surface area contributed by atoms with Crippen LogP contribution in [0, 0.1) is 6.92 Å². The highest BCUT2D eigenvalue weighted by Crippen LogP contribution is 2.33. The van der Waals surface area contributed by atoms with Crippen LogP contribution < -0.4 is 10.1 Å². The molecule has 1 heterocycles. The van der Waals surface area contributed by atoms with Gasteiger partial charge in [0.1, 0.15) is 5.75 Å². The standard InChI is InChI=1S/C26H26N2O3/c1-18-7-11-20(12-8-18)24(28-17-21-5-3-4-6-23(21)26(28)30)15-25(29)27-16-19-9-13-22(31-2)14-10-19/h3-14,24H,15-17H2,1-2H3,(H,27,29)/t24-/m0/s1. The minimum Gasteiger partial charge on any atom is -0.497 e. The van der Waals surface area contributed by atoms with Crippen molar-refractivity contribution >= 4 is 11.8 Å². The Morgan fingerprint density at radius 2 is 1.74 bits per heavy atom. The van der Waals surface area contributed by atoms with E-state index in [1.807, 2.05) is 84.6 Å². The smallest absolute Gasteiger partial charge is 0.255 e. The zero-order valence-electron chi connectivity index (χ0n) is 17.8. The molecule has 0 radical (unpaired) electrons. The number of benzene rings is 3. The van der Waals surface area contributed by atoms with Crippen LogP contribution in [-0.2, 0) is 17.9 Å². The van der Waals surface area contributed by atoms with E-state index in [1.165, 1.54) is 0 Å². The van der Waals surface area contributed by atoms with Crippen molar-refractivity contribution in [1.82, 2.24) is 10.2 Å². The number of rotatable bonds is 7. The van der Waals surface area contributed by atoms with Gasteiger partial charge in [0, 0.05) is 18.7 Å². The highest BCUT2D eigenvalue weighted by atomic mass is 16.5. The zero-order valence-corrected chi connectivity index (χ0v) is 17.8. The average molecular weight is 415 g/mol. The van der Waals surface area contributed by atoms with Gasteiger partial charge < -0.3 is 15.0 Å². The number of methoxy groups -OCH3 is 1. The van der Waals surface area contributed by atoms with E-state index in [1.54, 1.807) is 7.11 Å². The first-order valence-corrected chi connectivity index (χ1v) is 10.4. The van der Waals surface area contributed by atoms with Gasteiger partial charge in [-0.2, -0.15) is 0 Å². The van der Waals surface area contributed by atoms with Crippen LogP contribution in [-0.4, -0.2) is 23.8 Å². The van der Waals surface area contributed by atoms with Crippen molar-refractivity contribution in [2.75, 3.05) is 7.11 Å². The Morgan fingerprint density at radius 3 is 2.42 bits per heavy atom. The summed E-state index contributed by atoms with van der Waals surface area (Å²) in [6, 6.07) is 23.0. The van der Waals surface area contributed by atoms with E-state index in [-0.39, 0.29) is 24.3 Å². The summed E-state index contributed by atoms with van der Waals surface area (Å²) in [5.41, 5.74) is 4.82. The molecule has 158 valence electrons. The maximum atomic E-state index is 13.1. The number of carbonyl (C=O) groups excluding carboxylic acids is 2. The van der Waals surface area contributed by atoms with E-state index < -0.39 is 0 Å². The van der Waals surface area contributed by atoms with Gasteiger partial charge in [-0.25, -0.2) is 0 Å². The van der Waals surface area contributed by atoms with Crippen molar-refractivity contribution in [3.63, 3.8) is 0 Å². The van der Waals surface area contributed by atoms with Crippen molar-refractivity contribution in [1.29, 1.82) is 0 Å². The number of carbonyl (C=O) groups is 2. The fourth-order valence-electron chi connectivity index (χ4n) is 3.92. The molecule has 0 saturated heterocycles. The Hall–Kier alpha value is -3.60. The van der Waals surface area contributed by atoms with E-state index in [0.29, 0.717) is 13.1 Å². The molecule has 1 aliphatic rings. The molecular weight excluding hydrogens is 388 g/mol. The highest BCUT2D eigenvalue weighted by molar-refractivity contribution is 5.98. The number of nitrogens with one attached hydrogen (secondary N) is 1. The molecule has 0 aromatic heterocycles. The van der Waals surface area contributed by atoms with Gasteiger partial charge in [-0.1, -0.05) is 60.2 Å². The Bertz CT molecular complexity index is 1070. The summed E-state index contributed by atoms with van der Waals surface area (Å²) in [6.45, 7) is 2.97. The van der Waals surface area contributed by atoms with Crippen molar-refractivity contribution in [3.05, 3.63) is 101 Å². The monoisotopic (exact) mass is 414 g/mol. The number of fused-ring (bicyclic) bond motifs is 1. The summed E-state index contributed by atoms with van der Waals surface area (Å²) in [7, 11) is 1.62. The molecule has 0 fully saturated rings. The van der Waals surface area contributed by atoms with Crippen molar-refractivity contribution in [3.8, 4) is 5.75 Å². The molecule has 4 rings (SSSR count). The van der Waals surface area contributed by atoms with Gasteiger partial charge in [-0.15, -0.1) is 0 Å². The Balaban J connectivity index is 1.50. The van der Waals surface area contributed by atoms with E-state index in [9.17, 15) is 9.59 Å². The van der Waals surface area contributed by atoms with Gasteiger partial charge >= 0.3 is 0 Å². The Morgan fingerprint density at radius 1 is 1.03 bits per heavy atom. The molecule has 31 heavy (non-hydrogen) atoms. The number of hydrogen-bond donors (Lipinski definition) is 1. The highest BCUT2D eigenvalue weighted by Gasteiger charge is 2.34. The van der Waals surface area contributed by atoms with Gasteiger partial charge in [0.25, 0.3) is 5.91 Å². The second-order valence-corrected chi connectivity index (χ2v) is 7.85. The molecule has 1 N–H and O–H groups in total. The minimum atomic E-state index is -0.323. The van der Waals surface area contributed by atoms with E-state index in [4.69, 9.17) is 4.74 Å². The number of aryl methyl sites for hydroxylation is 1. The second-order valence-electron chi connectivity index (χ2n) is 7.85. The number of amides is 2. The lowest BCUT2D eigenvalue weighted by molar-refractivity contribution is -0.122. The maximum absolute atomic E-state index is 13.1. The molecule has 0 spiro atoms. The van der Waals surface area contributed by atoms with E-state index >= 15 is 0 Å². The van der Waals surface area contributed by atoms with E-state index in [2.05, 4.69) is 5.32 Å². The van der Waals surface area contributed by atoms with Crippen LogP contribution in [0.15, 0.2) is 72.8 Å². The number of hydrogen-bond acceptors (Lipinski definition) is 3. The van der Waals surface area contributed by atoms with E-state index in [0.717, 1.165) is 33.6 Å². The zero-order chi connectivity index (χ0) is 21.8. The fourth-order valence-corrected chi connectivity index (χ4v) is 3.92. The molecule has 3 aromatic rings. The second kappa shape index (κ2) is 9.04. The van der Waals surface area contributed by atoms with Gasteiger partial charge in [0.05, 0.1) is 19.6 Å². The first-order chi connectivity index (χ1) is 15.0. The SMILES string of the molecule is COc1ccc(CNC(=O)C[C@@H](c2ccc(C)cc2)N2Cc3ccccc3C2=O)cc1. The summed E-state index contributed by atoms with van der Waals surface area (Å²) < 4.78 is 5.17. The third-order valence-corrected chi connectivity index (χ3v) is 5.72. The minimum absolute atomic E-state index is 0.0240. The maximum Gasteiger partial charge on any atom is 0.255 e. The Kier molecular flexibility index (Phi) is 6.03. The lowest BCUT2D eigenvalue weighted by atomic mass is 10.00. The third kappa shape index (κ3) is 4.61. The molecule has 2 amide bonds. The summed E-state index contributed by atoms with van der Waals surface area (Å²) >= 11 is 0. The number of ether oxygens (including phenoxy) is 1. The van der Waals surface area contributed by atoms with Gasteiger partial charge in [0.15, 0.2) is 0 Å². The van der Waals surface area contributed by atoms with Crippen LogP contribution in [0.25, 0.3) is 0 Å². The quantitative estimate of drug-likeness (QED) is 0.623. The molecule has 3 aromatic carbocycles. The molecule has 0 bridgehead atoms.